The zero-order chi connectivity index (χ0) is 13.8. The summed E-state index contributed by atoms with van der Waals surface area (Å²) >= 11 is 0. The summed E-state index contributed by atoms with van der Waals surface area (Å²) in [5.41, 5.74) is 2.40. The van der Waals surface area contributed by atoms with Gasteiger partial charge in [-0.05, 0) is 45.9 Å². The maximum Gasteiger partial charge on any atom is 0.106 e. The number of aryl methyl sites for hydroxylation is 3. The lowest BCUT2D eigenvalue weighted by Gasteiger charge is -2.19. The molecule has 0 aromatic carbocycles. The highest BCUT2D eigenvalue weighted by molar-refractivity contribution is 5.31. The minimum atomic E-state index is 0.153. The van der Waals surface area contributed by atoms with Gasteiger partial charge < -0.3 is 9.73 Å². The van der Waals surface area contributed by atoms with Crippen LogP contribution in [-0.4, -0.2) is 16.3 Å². The lowest BCUT2D eigenvalue weighted by molar-refractivity contribution is 0.485. The Balaban J connectivity index is 2.38. The van der Waals surface area contributed by atoms with Crippen molar-refractivity contribution in [1.82, 2.24) is 15.1 Å². The van der Waals surface area contributed by atoms with E-state index in [1.807, 2.05) is 24.7 Å². The van der Waals surface area contributed by atoms with E-state index in [-0.39, 0.29) is 6.04 Å². The molecule has 0 saturated carbocycles. The number of rotatable bonds is 6. The topological polar surface area (TPSA) is 43.0 Å². The van der Waals surface area contributed by atoms with Crippen molar-refractivity contribution in [1.29, 1.82) is 0 Å². The number of nitrogens with zero attached hydrogens (tertiary/aromatic N) is 2. The summed E-state index contributed by atoms with van der Waals surface area (Å²) < 4.78 is 7.71. The van der Waals surface area contributed by atoms with E-state index in [1.54, 1.807) is 0 Å². The Bertz CT molecular complexity index is 527. The normalized spacial score (nSPS) is 12.8. The molecular formula is C15H23N3O. The third-order valence-electron chi connectivity index (χ3n) is 3.33. The molecule has 2 aromatic heterocycles. The van der Waals surface area contributed by atoms with Crippen LogP contribution in [0.5, 0.6) is 0 Å². The average molecular weight is 261 g/mol. The molecule has 0 aliphatic rings. The van der Waals surface area contributed by atoms with Crippen molar-refractivity contribution in [3.8, 4) is 0 Å². The van der Waals surface area contributed by atoms with Crippen molar-refractivity contribution < 1.29 is 4.42 Å². The lowest BCUT2D eigenvalue weighted by Crippen LogP contribution is -2.26. The van der Waals surface area contributed by atoms with Gasteiger partial charge in [0.15, 0.2) is 0 Å². The molecule has 0 fully saturated rings. The van der Waals surface area contributed by atoms with Crippen LogP contribution in [0.3, 0.4) is 0 Å². The Kier molecular flexibility index (Phi) is 4.43. The zero-order valence-corrected chi connectivity index (χ0v) is 12.2. The molecular weight excluding hydrogens is 238 g/mol. The number of aromatic nitrogens is 2. The van der Waals surface area contributed by atoms with E-state index in [9.17, 15) is 0 Å². The second-order valence-electron chi connectivity index (χ2n) is 4.83. The van der Waals surface area contributed by atoms with E-state index in [1.165, 1.54) is 11.3 Å². The van der Waals surface area contributed by atoms with Crippen molar-refractivity contribution in [2.75, 3.05) is 6.54 Å². The van der Waals surface area contributed by atoms with E-state index in [0.29, 0.717) is 0 Å². The molecule has 2 rings (SSSR count). The molecule has 104 valence electrons. The van der Waals surface area contributed by atoms with Gasteiger partial charge in [0, 0.05) is 18.3 Å². The Morgan fingerprint density at radius 3 is 2.74 bits per heavy atom. The first-order chi connectivity index (χ1) is 9.17. The molecule has 4 heteroatoms. The number of hydrogen-bond acceptors (Lipinski definition) is 3. The minimum Gasteiger partial charge on any atom is -0.466 e. The molecule has 0 aliphatic heterocycles. The average Bonchev–Trinajstić information content (AvgIpc) is 2.97. The fourth-order valence-corrected chi connectivity index (χ4v) is 2.45. The largest absolute Gasteiger partial charge is 0.466 e. The molecule has 1 unspecified atom stereocenters. The van der Waals surface area contributed by atoms with Gasteiger partial charge in [-0.25, -0.2) is 0 Å². The van der Waals surface area contributed by atoms with E-state index in [4.69, 9.17) is 4.42 Å². The lowest BCUT2D eigenvalue weighted by atomic mass is 10.0. The molecule has 0 radical (unpaired) electrons. The third kappa shape index (κ3) is 2.89. The van der Waals surface area contributed by atoms with Crippen LogP contribution >= 0.6 is 0 Å². The van der Waals surface area contributed by atoms with Crippen LogP contribution in [0, 0.1) is 13.8 Å². The van der Waals surface area contributed by atoms with Crippen molar-refractivity contribution in [3.05, 3.63) is 41.1 Å². The predicted octanol–water partition coefficient (Wildman–Crippen LogP) is 3.20. The molecule has 2 aromatic rings. The summed E-state index contributed by atoms with van der Waals surface area (Å²) in [5.74, 6) is 1.94. The Morgan fingerprint density at radius 1 is 1.37 bits per heavy atom. The van der Waals surface area contributed by atoms with Gasteiger partial charge in [-0.2, -0.15) is 5.10 Å². The van der Waals surface area contributed by atoms with Crippen LogP contribution in [0.4, 0.5) is 0 Å². The monoisotopic (exact) mass is 261 g/mol. The number of hydrogen-bond donors (Lipinski definition) is 1. The zero-order valence-electron chi connectivity index (χ0n) is 12.2. The van der Waals surface area contributed by atoms with Crippen molar-refractivity contribution >= 4 is 0 Å². The molecule has 19 heavy (non-hydrogen) atoms. The summed E-state index contributed by atoms with van der Waals surface area (Å²) in [6.07, 6.45) is 2.97. The molecule has 0 amide bonds. The summed E-state index contributed by atoms with van der Waals surface area (Å²) in [5, 5.41) is 7.97. The van der Waals surface area contributed by atoms with Crippen LogP contribution in [-0.2, 0) is 6.54 Å². The van der Waals surface area contributed by atoms with Crippen LogP contribution in [0.25, 0.3) is 0 Å². The van der Waals surface area contributed by atoms with Crippen LogP contribution in [0.1, 0.15) is 49.1 Å². The summed E-state index contributed by atoms with van der Waals surface area (Å²) in [6.45, 7) is 10.2. The molecule has 2 heterocycles. The highest BCUT2D eigenvalue weighted by Crippen LogP contribution is 2.27. The van der Waals surface area contributed by atoms with Crippen LogP contribution < -0.4 is 5.32 Å². The Morgan fingerprint density at radius 2 is 2.16 bits per heavy atom. The first-order valence-electron chi connectivity index (χ1n) is 6.99. The Hall–Kier alpha value is -1.55. The maximum atomic E-state index is 5.68. The molecule has 1 N–H and O–H groups in total. The highest BCUT2D eigenvalue weighted by Gasteiger charge is 2.21. The van der Waals surface area contributed by atoms with Crippen molar-refractivity contribution in [2.24, 2.45) is 0 Å². The van der Waals surface area contributed by atoms with Crippen LogP contribution in [0.2, 0.25) is 0 Å². The fourth-order valence-electron chi connectivity index (χ4n) is 2.45. The summed E-state index contributed by atoms with van der Waals surface area (Å²) in [7, 11) is 0. The van der Waals surface area contributed by atoms with Gasteiger partial charge >= 0.3 is 0 Å². The van der Waals surface area contributed by atoms with Crippen LogP contribution in [0.15, 0.2) is 22.7 Å². The van der Waals surface area contributed by atoms with E-state index in [0.717, 1.165) is 31.0 Å². The quantitative estimate of drug-likeness (QED) is 0.868. The van der Waals surface area contributed by atoms with Gasteiger partial charge in [0.2, 0.25) is 0 Å². The molecule has 0 aliphatic carbocycles. The smallest absolute Gasteiger partial charge is 0.106 e. The first kappa shape index (κ1) is 13.9. The minimum absolute atomic E-state index is 0.153. The van der Waals surface area contributed by atoms with Gasteiger partial charge in [0.05, 0.1) is 11.7 Å². The molecule has 0 spiro atoms. The highest BCUT2D eigenvalue weighted by atomic mass is 16.3. The molecule has 0 saturated heterocycles. The number of nitrogens with one attached hydrogen (secondary N) is 1. The van der Waals surface area contributed by atoms with E-state index < -0.39 is 0 Å². The molecule has 4 nitrogen and oxygen atoms in total. The first-order valence-corrected chi connectivity index (χ1v) is 6.99. The molecule has 1 atom stereocenters. The second-order valence-corrected chi connectivity index (χ2v) is 4.83. The summed E-state index contributed by atoms with van der Waals surface area (Å²) in [4.78, 5) is 0. The second kappa shape index (κ2) is 6.06. The Labute approximate surface area is 114 Å². The number of furan rings is 1. The van der Waals surface area contributed by atoms with Gasteiger partial charge in [-0.3, -0.25) is 4.68 Å². The van der Waals surface area contributed by atoms with Gasteiger partial charge in [0.25, 0.3) is 0 Å². The van der Waals surface area contributed by atoms with E-state index >= 15 is 0 Å². The van der Waals surface area contributed by atoms with E-state index in [2.05, 4.69) is 36.4 Å². The van der Waals surface area contributed by atoms with Gasteiger partial charge in [-0.1, -0.05) is 6.92 Å². The third-order valence-corrected chi connectivity index (χ3v) is 3.33. The summed E-state index contributed by atoms with van der Waals surface area (Å²) in [6, 6.07) is 4.36. The SMILES string of the molecule is CCCNC(c1cc(C)oc1C)c1ccnn1CC. The van der Waals surface area contributed by atoms with Crippen molar-refractivity contribution in [3.63, 3.8) is 0 Å². The van der Waals surface area contributed by atoms with Crippen molar-refractivity contribution in [2.45, 2.75) is 46.7 Å². The standard InChI is InChI=1S/C15H23N3O/c1-5-8-16-15(13-10-11(3)19-12(13)4)14-7-9-17-18(14)6-2/h7,9-10,15-16H,5-6,8H2,1-4H3. The molecule has 0 bridgehead atoms. The fraction of sp³-hybridized carbons (Fsp3) is 0.533. The predicted molar refractivity (Wildman–Crippen MR) is 76.2 cm³/mol. The van der Waals surface area contributed by atoms with Gasteiger partial charge in [0.1, 0.15) is 11.5 Å². The maximum absolute atomic E-state index is 5.68. The van der Waals surface area contributed by atoms with Gasteiger partial charge in [-0.15, -0.1) is 0 Å².